The second kappa shape index (κ2) is 8.30. The smallest absolute Gasteiger partial charge is 0.355 e. The van der Waals surface area contributed by atoms with E-state index in [1.54, 1.807) is 27.7 Å². The van der Waals surface area contributed by atoms with Gasteiger partial charge in [0.15, 0.2) is 6.61 Å². The van der Waals surface area contributed by atoms with Crippen molar-refractivity contribution in [2.45, 2.75) is 47.3 Å². The molecule has 0 radical (unpaired) electrons. The van der Waals surface area contributed by atoms with Crippen molar-refractivity contribution in [3.63, 3.8) is 0 Å². The van der Waals surface area contributed by atoms with Gasteiger partial charge < -0.3 is 18.9 Å². The second-order valence-corrected chi connectivity index (χ2v) is 7.03. The maximum Gasteiger partial charge on any atom is 0.355 e. The molecule has 0 fully saturated rings. The molecule has 0 saturated heterocycles. The predicted octanol–water partition coefficient (Wildman–Crippen LogP) is 3.91. The van der Waals surface area contributed by atoms with Crippen LogP contribution in [0.15, 0.2) is 28.7 Å². The molecule has 8 nitrogen and oxygen atoms in total. The van der Waals surface area contributed by atoms with Crippen LogP contribution in [0.5, 0.6) is 0 Å². The molecule has 1 aromatic carbocycles. The summed E-state index contributed by atoms with van der Waals surface area (Å²) in [4.78, 5) is 27.6. The molecule has 0 atom stereocenters. The van der Waals surface area contributed by atoms with Gasteiger partial charge >= 0.3 is 11.9 Å². The van der Waals surface area contributed by atoms with Gasteiger partial charge in [0.2, 0.25) is 5.89 Å². The highest BCUT2D eigenvalue weighted by molar-refractivity contribution is 5.98. The summed E-state index contributed by atoms with van der Waals surface area (Å²) in [7, 11) is 0. The van der Waals surface area contributed by atoms with Crippen LogP contribution in [-0.4, -0.2) is 33.2 Å². The van der Waals surface area contributed by atoms with Crippen LogP contribution in [-0.2, 0) is 16.1 Å². The molecule has 0 unspecified atom stereocenters. The van der Waals surface area contributed by atoms with Gasteiger partial charge in [-0.05, 0) is 52.3 Å². The third-order valence-electron chi connectivity index (χ3n) is 4.25. The SMILES string of the molecule is Cc1cccc(-c2nnc(COC(=O)c3[nH]c(C)c(C(=O)OC(C)C)c3C)o2)c1. The van der Waals surface area contributed by atoms with Crippen LogP contribution in [0.4, 0.5) is 0 Å². The van der Waals surface area contributed by atoms with Crippen molar-refractivity contribution < 1.29 is 23.5 Å². The van der Waals surface area contributed by atoms with Crippen molar-refractivity contribution in [1.82, 2.24) is 15.2 Å². The van der Waals surface area contributed by atoms with Crippen molar-refractivity contribution >= 4 is 11.9 Å². The van der Waals surface area contributed by atoms with Gasteiger partial charge in [0.25, 0.3) is 5.89 Å². The molecule has 0 saturated carbocycles. The molecule has 3 rings (SSSR count). The quantitative estimate of drug-likeness (QED) is 0.628. The third-order valence-corrected chi connectivity index (χ3v) is 4.25. The standard InChI is InChI=1S/C21H23N3O5/c1-11(2)28-20(25)17-13(4)18(22-14(17)5)21(26)27-10-16-23-24-19(29-16)15-8-6-7-12(3)9-15/h6-9,11,22H,10H2,1-5H3. The molecule has 3 aromatic rings. The normalized spacial score (nSPS) is 11.0. The number of hydrogen-bond donors (Lipinski definition) is 1. The lowest BCUT2D eigenvalue weighted by atomic mass is 10.1. The summed E-state index contributed by atoms with van der Waals surface area (Å²) in [6.07, 6.45) is -0.258. The topological polar surface area (TPSA) is 107 Å². The number of benzene rings is 1. The molecule has 0 bridgehead atoms. The van der Waals surface area contributed by atoms with Crippen LogP contribution in [0.2, 0.25) is 0 Å². The first kappa shape index (κ1) is 20.3. The van der Waals surface area contributed by atoms with Crippen molar-refractivity contribution in [3.05, 3.63) is 58.2 Å². The number of nitrogens with one attached hydrogen (secondary N) is 1. The summed E-state index contributed by atoms with van der Waals surface area (Å²) >= 11 is 0. The van der Waals surface area contributed by atoms with Crippen LogP contribution < -0.4 is 0 Å². The van der Waals surface area contributed by atoms with E-state index < -0.39 is 11.9 Å². The molecule has 29 heavy (non-hydrogen) atoms. The molecular weight excluding hydrogens is 374 g/mol. The molecule has 0 aliphatic rings. The first-order chi connectivity index (χ1) is 13.8. The number of carbonyl (C=O) groups excluding carboxylic acids is 2. The van der Waals surface area contributed by atoms with E-state index in [0.29, 0.717) is 22.7 Å². The Hall–Kier alpha value is -3.42. The molecular formula is C21H23N3O5. The summed E-state index contributed by atoms with van der Waals surface area (Å²) in [6, 6.07) is 7.65. The third kappa shape index (κ3) is 4.53. The largest absolute Gasteiger partial charge is 0.459 e. The lowest BCUT2D eigenvalue weighted by Crippen LogP contribution is -2.13. The fraction of sp³-hybridized carbons (Fsp3) is 0.333. The fourth-order valence-corrected chi connectivity index (χ4v) is 2.94. The summed E-state index contributed by atoms with van der Waals surface area (Å²) in [5.74, 6) is -0.574. The van der Waals surface area contributed by atoms with E-state index in [9.17, 15) is 9.59 Å². The molecule has 8 heteroatoms. The molecule has 152 valence electrons. The molecule has 1 N–H and O–H groups in total. The minimum absolute atomic E-state index is 0.176. The zero-order valence-electron chi connectivity index (χ0n) is 17.0. The van der Waals surface area contributed by atoms with Crippen molar-refractivity contribution in [2.75, 3.05) is 0 Å². The highest BCUT2D eigenvalue weighted by Gasteiger charge is 2.25. The van der Waals surface area contributed by atoms with Crippen molar-refractivity contribution in [2.24, 2.45) is 0 Å². The minimum atomic E-state index is -0.621. The van der Waals surface area contributed by atoms with Crippen molar-refractivity contribution in [3.8, 4) is 11.5 Å². The number of aryl methyl sites for hydroxylation is 2. The number of nitrogens with zero attached hydrogens (tertiary/aromatic N) is 2. The Morgan fingerprint density at radius 2 is 1.90 bits per heavy atom. The van der Waals surface area contributed by atoms with Gasteiger partial charge in [-0.3, -0.25) is 0 Å². The zero-order chi connectivity index (χ0) is 21.1. The number of ether oxygens (including phenoxy) is 2. The molecule has 2 heterocycles. The average molecular weight is 397 g/mol. The maximum atomic E-state index is 12.5. The Morgan fingerprint density at radius 1 is 1.14 bits per heavy atom. The van der Waals surface area contributed by atoms with Gasteiger partial charge in [-0.2, -0.15) is 0 Å². The number of hydrogen-bond acceptors (Lipinski definition) is 7. The summed E-state index contributed by atoms with van der Waals surface area (Å²) in [5, 5.41) is 7.90. The zero-order valence-corrected chi connectivity index (χ0v) is 17.0. The second-order valence-electron chi connectivity index (χ2n) is 7.03. The molecule has 0 spiro atoms. The van der Waals surface area contributed by atoms with Crippen molar-refractivity contribution in [1.29, 1.82) is 0 Å². The number of esters is 2. The minimum Gasteiger partial charge on any atom is -0.459 e. The van der Waals surface area contributed by atoms with Gasteiger partial charge in [0.05, 0.1) is 11.7 Å². The van der Waals surface area contributed by atoms with Crippen LogP contribution in [0.1, 0.15) is 57.4 Å². The number of H-pyrrole nitrogens is 1. The lowest BCUT2D eigenvalue weighted by Gasteiger charge is -2.08. The molecule has 0 aliphatic heterocycles. The Morgan fingerprint density at radius 3 is 2.59 bits per heavy atom. The first-order valence-corrected chi connectivity index (χ1v) is 9.23. The van der Waals surface area contributed by atoms with E-state index in [1.807, 2.05) is 31.2 Å². The Labute approximate surface area is 168 Å². The summed E-state index contributed by atoms with van der Waals surface area (Å²) in [5.41, 5.74) is 3.41. The first-order valence-electron chi connectivity index (χ1n) is 9.23. The molecule has 0 amide bonds. The monoisotopic (exact) mass is 397 g/mol. The number of rotatable bonds is 6. The van der Waals surface area contributed by atoms with E-state index >= 15 is 0 Å². The molecule has 0 aliphatic carbocycles. The Kier molecular flexibility index (Phi) is 5.81. The summed E-state index contributed by atoms with van der Waals surface area (Å²) < 4.78 is 16.1. The Balaban J connectivity index is 1.70. The van der Waals surface area contributed by atoms with Gasteiger partial charge in [0, 0.05) is 11.3 Å². The number of carbonyl (C=O) groups is 2. The highest BCUT2D eigenvalue weighted by Crippen LogP contribution is 2.22. The van der Waals surface area contributed by atoms with E-state index in [-0.39, 0.29) is 24.3 Å². The van der Waals surface area contributed by atoms with Crippen LogP contribution in [0.3, 0.4) is 0 Å². The highest BCUT2D eigenvalue weighted by atomic mass is 16.5. The van der Waals surface area contributed by atoms with Gasteiger partial charge in [-0.1, -0.05) is 17.7 Å². The van der Waals surface area contributed by atoms with Gasteiger partial charge in [-0.15, -0.1) is 10.2 Å². The van der Waals surface area contributed by atoms with Crippen LogP contribution in [0.25, 0.3) is 11.5 Å². The van der Waals surface area contributed by atoms with Crippen LogP contribution >= 0.6 is 0 Å². The van der Waals surface area contributed by atoms with E-state index in [0.717, 1.165) is 11.1 Å². The number of aromatic nitrogens is 3. The van der Waals surface area contributed by atoms with Gasteiger partial charge in [0.1, 0.15) is 5.69 Å². The number of aromatic amines is 1. The average Bonchev–Trinajstić information content (AvgIpc) is 3.23. The summed E-state index contributed by atoms with van der Waals surface area (Å²) in [6.45, 7) is 8.68. The predicted molar refractivity (Wildman–Crippen MR) is 104 cm³/mol. The van der Waals surface area contributed by atoms with E-state index in [4.69, 9.17) is 13.9 Å². The fourth-order valence-electron chi connectivity index (χ4n) is 2.94. The van der Waals surface area contributed by atoms with E-state index in [1.165, 1.54) is 0 Å². The lowest BCUT2D eigenvalue weighted by molar-refractivity contribution is 0.0376. The van der Waals surface area contributed by atoms with E-state index in [2.05, 4.69) is 15.2 Å². The Bertz CT molecular complexity index is 1050. The van der Waals surface area contributed by atoms with Crippen LogP contribution in [0, 0.1) is 20.8 Å². The van der Waals surface area contributed by atoms with Gasteiger partial charge in [-0.25, -0.2) is 9.59 Å². The molecule has 2 aromatic heterocycles. The maximum absolute atomic E-state index is 12.5.